The van der Waals surface area contributed by atoms with Gasteiger partial charge in [0, 0.05) is 0 Å². The highest BCUT2D eigenvalue weighted by Gasteiger charge is 1.93. The zero-order valence-electron chi connectivity index (χ0n) is 7.00. The van der Waals surface area contributed by atoms with Gasteiger partial charge in [0.1, 0.15) is 13.0 Å². The zero-order chi connectivity index (χ0) is 8.10. The molecule has 57 valence electrons. The van der Waals surface area contributed by atoms with E-state index >= 15 is 0 Å². The molecule has 1 aromatic carbocycles. The van der Waals surface area contributed by atoms with Gasteiger partial charge in [-0.05, 0) is 12.1 Å². The van der Waals surface area contributed by atoms with Crippen molar-refractivity contribution in [3.05, 3.63) is 29.8 Å². The first kappa shape index (κ1) is 8.18. The summed E-state index contributed by atoms with van der Waals surface area (Å²) in [6, 6.07) is 8.12. The number of hydrogen-bond acceptors (Lipinski definition) is 1. The molecule has 1 nitrogen and oxygen atoms in total. The van der Waals surface area contributed by atoms with Crippen LogP contribution in [0.5, 0.6) is 5.75 Å². The van der Waals surface area contributed by atoms with Crippen LogP contribution in [0.2, 0.25) is 6.82 Å². The van der Waals surface area contributed by atoms with E-state index in [1.165, 1.54) is 5.56 Å². The SMILES string of the molecule is C[B]Cc1cccc(OC)c1. The molecule has 0 N–H and O–H groups in total. The van der Waals surface area contributed by atoms with Gasteiger partial charge in [-0.3, -0.25) is 0 Å². The first-order valence-electron chi connectivity index (χ1n) is 3.77. The van der Waals surface area contributed by atoms with Gasteiger partial charge in [0.25, 0.3) is 0 Å². The number of rotatable bonds is 3. The average Bonchev–Trinajstić information content (AvgIpc) is 2.06. The highest BCUT2D eigenvalue weighted by molar-refractivity contribution is 6.32. The molecule has 0 heterocycles. The molecule has 2 heteroatoms. The van der Waals surface area contributed by atoms with Gasteiger partial charge in [0.15, 0.2) is 0 Å². The van der Waals surface area contributed by atoms with Crippen LogP contribution in [0.25, 0.3) is 0 Å². The number of methoxy groups -OCH3 is 1. The van der Waals surface area contributed by atoms with Crippen LogP contribution >= 0.6 is 0 Å². The fraction of sp³-hybridized carbons (Fsp3) is 0.333. The quantitative estimate of drug-likeness (QED) is 0.593. The minimum Gasteiger partial charge on any atom is -0.497 e. The Labute approximate surface area is 68.6 Å². The Balaban J connectivity index is 2.74. The van der Waals surface area contributed by atoms with Crippen molar-refractivity contribution in [2.75, 3.05) is 7.11 Å². The van der Waals surface area contributed by atoms with Gasteiger partial charge >= 0.3 is 0 Å². The van der Waals surface area contributed by atoms with E-state index in [-0.39, 0.29) is 0 Å². The number of hydrogen-bond donors (Lipinski definition) is 0. The van der Waals surface area contributed by atoms with E-state index in [0.29, 0.717) is 0 Å². The molecule has 0 saturated carbocycles. The number of benzene rings is 1. The van der Waals surface area contributed by atoms with Gasteiger partial charge in [-0.15, -0.1) is 0 Å². The molecule has 0 spiro atoms. The fourth-order valence-electron chi connectivity index (χ4n) is 1.04. The average molecular weight is 147 g/mol. The molecule has 0 fully saturated rings. The first-order valence-corrected chi connectivity index (χ1v) is 3.77. The van der Waals surface area contributed by atoms with Gasteiger partial charge in [-0.2, -0.15) is 0 Å². The van der Waals surface area contributed by atoms with E-state index in [4.69, 9.17) is 4.74 Å². The molecule has 0 amide bonds. The number of ether oxygens (including phenoxy) is 1. The lowest BCUT2D eigenvalue weighted by Crippen LogP contribution is -1.91. The summed E-state index contributed by atoms with van der Waals surface area (Å²) in [4.78, 5) is 0. The third-order valence-corrected chi connectivity index (χ3v) is 1.57. The van der Waals surface area contributed by atoms with Crippen LogP contribution in [0.1, 0.15) is 5.56 Å². The normalized spacial score (nSPS) is 9.27. The standard InChI is InChI=1S/C9H12BO/c1-10-7-8-4-3-5-9(6-8)11-2/h3-6H,7H2,1-2H3. The zero-order valence-corrected chi connectivity index (χ0v) is 7.00. The minimum absolute atomic E-state index is 0.935. The predicted octanol–water partition coefficient (Wildman–Crippen LogP) is 1.95. The van der Waals surface area contributed by atoms with Crippen molar-refractivity contribution in [2.24, 2.45) is 0 Å². The molecule has 1 rings (SSSR count). The lowest BCUT2D eigenvalue weighted by atomic mass is 9.75. The lowest BCUT2D eigenvalue weighted by Gasteiger charge is -2.01. The summed E-state index contributed by atoms with van der Waals surface area (Å²) in [6.07, 6.45) is 1.01. The predicted molar refractivity (Wildman–Crippen MR) is 48.3 cm³/mol. The van der Waals surface area contributed by atoms with E-state index in [9.17, 15) is 0 Å². The summed E-state index contributed by atoms with van der Waals surface area (Å²) in [7, 11) is 3.82. The molecule has 0 aliphatic heterocycles. The van der Waals surface area contributed by atoms with Crippen molar-refractivity contribution in [1.82, 2.24) is 0 Å². The molecule has 0 bridgehead atoms. The van der Waals surface area contributed by atoms with Crippen molar-refractivity contribution in [2.45, 2.75) is 13.1 Å². The maximum Gasteiger partial charge on any atom is 0.119 e. The molecule has 1 radical (unpaired) electrons. The van der Waals surface area contributed by atoms with E-state index in [0.717, 1.165) is 12.1 Å². The van der Waals surface area contributed by atoms with Crippen molar-refractivity contribution < 1.29 is 4.74 Å². The summed E-state index contributed by atoms with van der Waals surface area (Å²) in [6.45, 7) is 2.06. The second-order valence-electron chi connectivity index (χ2n) is 2.46. The van der Waals surface area contributed by atoms with E-state index < -0.39 is 0 Å². The van der Waals surface area contributed by atoms with Crippen LogP contribution < -0.4 is 4.74 Å². The van der Waals surface area contributed by atoms with Crippen LogP contribution in [0, 0.1) is 0 Å². The van der Waals surface area contributed by atoms with Crippen LogP contribution in [0.3, 0.4) is 0 Å². The van der Waals surface area contributed by atoms with Crippen molar-refractivity contribution >= 4 is 7.28 Å². The highest BCUT2D eigenvalue weighted by atomic mass is 16.5. The summed E-state index contributed by atoms with van der Waals surface area (Å²) < 4.78 is 5.09. The Morgan fingerprint density at radius 2 is 2.27 bits per heavy atom. The summed E-state index contributed by atoms with van der Waals surface area (Å²) in [5.74, 6) is 0.935. The Kier molecular flexibility index (Phi) is 3.03. The summed E-state index contributed by atoms with van der Waals surface area (Å²) in [5, 5.41) is 0. The largest absolute Gasteiger partial charge is 0.497 e. The topological polar surface area (TPSA) is 9.23 Å². The molecule has 0 aromatic heterocycles. The molecule has 0 unspecified atom stereocenters. The molecule has 0 saturated heterocycles. The maximum atomic E-state index is 5.09. The van der Waals surface area contributed by atoms with Gasteiger partial charge in [0.05, 0.1) is 7.11 Å². The van der Waals surface area contributed by atoms with Crippen LogP contribution in [-0.4, -0.2) is 14.4 Å². The lowest BCUT2D eigenvalue weighted by molar-refractivity contribution is 0.414. The third kappa shape index (κ3) is 2.30. The van der Waals surface area contributed by atoms with Crippen molar-refractivity contribution in [3.63, 3.8) is 0 Å². The Morgan fingerprint density at radius 1 is 1.45 bits per heavy atom. The van der Waals surface area contributed by atoms with Gasteiger partial charge in [0.2, 0.25) is 0 Å². The van der Waals surface area contributed by atoms with Gasteiger partial charge in [-0.1, -0.05) is 30.8 Å². The Bertz CT molecular complexity index is 223. The second-order valence-corrected chi connectivity index (χ2v) is 2.46. The molecule has 11 heavy (non-hydrogen) atoms. The minimum atomic E-state index is 0.935. The van der Waals surface area contributed by atoms with Crippen LogP contribution in [-0.2, 0) is 6.32 Å². The molecule has 0 aliphatic rings. The monoisotopic (exact) mass is 147 g/mol. The first-order chi connectivity index (χ1) is 5.36. The van der Waals surface area contributed by atoms with E-state index in [1.54, 1.807) is 7.11 Å². The smallest absolute Gasteiger partial charge is 0.119 e. The van der Waals surface area contributed by atoms with Gasteiger partial charge in [-0.25, -0.2) is 0 Å². The molecular formula is C9H12BO. The van der Waals surface area contributed by atoms with Gasteiger partial charge < -0.3 is 4.74 Å². The van der Waals surface area contributed by atoms with E-state index in [1.807, 2.05) is 12.1 Å². The van der Waals surface area contributed by atoms with Crippen LogP contribution in [0.15, 0.2) is 24.3 Å². The van der Waals surface area contributed by atoms with E-state index in [2.05, 4.69) is 26.2 Å². The van der Waals surface area contributed by atoms with Crippen LogP contribution in [0.4, 0.5) is 0 Å². The molecule has 0 aliphatic carbocycles. The second kappa shape index (κ2) is 4.07. The Hall–Kier alpha value is -0.915. The maximum absolute atomic E-state index is 5.09. The van der Waals surface area contributed by atoms with Crippen molar-refractivity contribution in [3.8, 4) is 5.75 Å². The van der Waals surface area contributed by atoms with Crippen molar-refractivity contribution in [1.29, 1.82) is 0 Å². The Morgan fingerprint density at radius 3 is 2.91 bits per heavy atom. The highest BCUT2D eigenvalue weighted by Crippen LogP contribution is 2.12. The summed E-state index contributed by atoms with van der Waals surface area (Å²) in [5.41, 5.74) is 1.30. The molecule has 0 atom stereocenters. The molecule has 1 aromatic rings. The summed E-state index contributed by atoms with van der Waals surface area (Å²) >= 11 is 0. The molecular weight excluding hydrogens is 135 g/mol. The fourth-order valence-corrected chi connectivity index (χ4v) is 1.04. The third-order valence-electron chi connectivity index (χ3n) is 1.57.